The van der Waals surface area contributed by atoms with Crippen LogP contribution in [0.2, 0.25) is 0 Å². The lowest BCUT2D eigenvalue weighted by Crippen LogP contribution is -2.21. The first-order chi connectivity index (χ1) is 8.74. The second kappa shape index (κ2) is 9.12. The SMILES string of the molecule is CCNC(CCCOCC(C)C)c1ccccc1. The summed E-state index contributed by atoms with van der Waals surface area (Å²) in [7, 11) is 0. The van der Waals surface area contributed by atoms with Gasteiger partial charge in [-0.3, -0.25) is 0 Å². The molecule has 0 amide bonds. The zero-order valence-electron chi connectivity index (χ0n) is 12.0. The van der Waals surface area contributed by atoms with E-state index in [4.69, 9.17) is 4.74 Å². The van der Waals surface area contributed by atoms with Crippen LogP contribution in [0.1, 0.15) is 45.2 Å². The Morgan fingerprint density at radius 1 is 1.17 bits per heavy atom. The first-order valence-corrected chi connectivity index (χ1v) is 7.10. The quantitative estimate of drug-likeness (QED) is 0.672. The van der Waals surface area contributed by atoms with Crippen molar-refractivity contribution in [3.8, 4) is 0 Å². The van der Waals surface area contributed by atoms with Crippen LogP contribution in [0.5, 0.6) is 0 Å². The summed E-state index contributed by atoms with van der Waals surface area (Å²) in [6.45, 7) is 9.28. The normalized spacial score (nSPS) is 12.9. The Kier molecular flexibility index (Phi) is 7.70. The first kappa shape index (κ1) is 15.2. The molecule has 1 aromatic rings. The van der Waals surface area contributed by atoms with E-state index < -0.39 is 0 Å². The molecule has 1 aromatic carbocycles. The van der Waals surface area contributed by atoms with Crippen molar-refractivity contribution >= 4 is 0 Å². The highest BCUT2D eigenvalue weighted by molar-refractivity contribution is 5.18. The van der Waals surface area contributed by atoms with Crippen molar-refractivity contribution in [1.82, 2.24) is 5.32 Å². The van der Waals surface area contributed by atoms with Crippen molar-refractivity contribution in [2.45, 2.75) is 39.7 Å². The average molecular weight is 249 g/mol. The number of rotatable bonds is 9. The molecule has 0 aliphatic carbocycles. The maximum atomic E-state index is 5.63. The van der Waals surface area contributed by atoms with Gasteiger partial charge < -0.3 is 10.1 Å². The van der Waals surface area contributed by atoms with E-state index in [1.807, 2.05) is 0 Å². The number of hydrogen-bond acceptors (Lipinski definition) is 2. The first-order valence-electron chi connectivity index (χ1n) is 7.10. The van der Waals surface area contributed by atoms with Gasteiger partial charge in [0.1, 0.15) is 0 Å². The molecule has 0 radical (unpaired) electrons. The maximum Gasteiger partial charge on any atom is 0.0488 e. The molecule has 0 saturated heterocycles. The molecule has 0 aliphatic rings. The number of benzene rings is 1. The van der Waals surface area contributed by atoms with Gasteiger partial charge in [0.05, 0.1) is 0 Å². The fourth-order valence-electron chi connectivity index (χ4n) is 2.03. The lowest BCUT2D eigenvalue weighted by molar-refractivity contribution is 0.105. The van der Waals surface area contributed by atoms with Gasteiger partial charge in [-0.25, -0.2) is 0 Å². The topological polar surface area (TPSA) is 21.3 Å². The molecular formula is C16H27NO. The van der Waals surface area contributed by atoms with Crippen LogP contribution in [0, 0.1) is 5.92 Å². The zero-order valence-corrected chi connectivity index (χ0v) is 12.0. The van der Waals surface area contributed by atoms with Gasteiger partial charge in [-0.2, -0.15) is 0 Å². The van der Waals surface area contributed by atoms with Crippen LogP contribution in [0.4, 0.5) is 0 Å². The van der Waals surface area contributed by atoms with Crippen molar-refractivity contribution < 1.29 is 4.74 Å². The Balaban J connectivity index is 2.31. The van der Waals surface area contributed by atoms with E-state index in [1.165, 1.54) is 5.56 Å². The highest BCUT2D eigenvalue weighted by Gasteiger charge is 2.09. The highest BCUT2D eigenvalue weighted by Crippen LogP contribution is 2.18. The molecule has 18 heavy (non-hydrogen) atoms. The zero-order chi connectivity index (χ0) is 13.2. The minimum Gasteiger partial charge on any atom is -0.381 e. The van der Waals surface area contributed by atoms with Crippen LogP contribution < -0.4 is 5.32 Å². The van der Waals surface area contributed by atoms with Crippen LogP contribution >= 0.6 is 0 Å². The summed E-state index contributed by atoms with van der Waals surface area (Å²) in [5.41, 5.74) is 1.38. The molecule has 0 bridgehead atoms. The molecule has 1 rings (SSSR count). The average Bonchev–Trinajstić information content (AvgIpc) is 2.38. The monoisotopic (exact) mass is 249 g/mol. The van der Waals surface area contributed by atoms with Crippen molar-refractivity contribution in [3.05, 3.63) is 35.9 Å². The van der Waals surface area contributed by atoms with Crippen LogP contribution in [0.15, 0.2) is 30.3 Å². The van der Waals surface area contributed by atoms with Crippen LogP contribution in [0.25, 0.3) is 0 Å². The van der Waals surface area contributed by atoms with E-state index in [0.29, 0.717) is 12.0 Å². The van der Waals surface area contributed by atoms with Gasteiger partial charge >= 0.3 is 0 Å². The fraction of sp³-hybridized carbons (Fsp3) is 0.625. The molecule has 1 atom stereocenters. The van der Waals surface area contributed by atoms with Gasteiger partial charge in [0.15, 0.2) is 0 Å². The van der Waals surface area contributed by atoms with E-state index in [-0.39, 0.29) is 0 Å². The molecule has 1 N–H and O–H groups in total. The van der Waals surface area contributed by atoms with Gasteiger partial charge in [0, 0.05) is 19.3 Å². The lowest BCUT2D eigenvalue weighted by Gasteiger charge is -2.18. The largest absolute Gasteiger partial charge is 0.381 e. The van der Waals surface area contributed by atoms with Crippen LogP contribution in [0.3, 0.4) is 0 Å². The fourth-order valence-corrected chi connectivity index (χ4v) is 2.03. The Hall–Kier alpha value is -0.860. The third-order valence-corrected chi connectivity index (χ3v) is 2.89. The summed E-state index contributed by atoms with van der Waals surface area (Å²) in [6, 6.07) is 11.1. The number of hydrogen-bond donors (Lipinski definition) is 1. The molecule has 0 aromatic heterocycles. The standard InChI is InChI=1S/C16H27NO/c1-4-17-16(15-9-6-5-7-10-15)11-8-12-18-13-14(2)3/h5-7,9-10,14,16-17H,4,8,11-13H2,1-3H3. The lowest BCUT2D eigenvalue weighted by atomic mass is 10.0. The summed E-state index contributed by atoms with van der Waals surface area (Å²) in [6.07, 6.45) is 2.25. The molecular weight excluding hydrogens is 222 g/mol. The minimum absolute atomic E-state index is 0.457. The molecule has 0 aliphatic heterocycles. The maximum absolute atomic E-state index is 5.63. The van der Waals surface area contributed by atoms with Gasteiger partial charge in [-0.1, -0.05) is 51.1 Å². The summed E-state index contributed by atoms with van der Waals surface area (Å²) < 4.78 is 5.63. The molecule has 102 valence electrons. The van der Waals surface area contributed by atoms with Crippen LogP contribution in [-0.2, 0) is 4.74 Å². The van der Waals surface area contributed by atoms with Crippen molar-refractivity contribution in [1.29, 1.82) is 0 Å². The van der Waals surface area contributed by atoms with Gasteiger partial charge in [0.25, 0.3) is 0 Å². The predicted molar refractivity (Wildman–Crippen MR) is 77.8 cm³/mol. The Labute approximate surface area is 112 Å². The number of ether oxygens (including phenoxy) is 1. The van der Waals surface area contributed by atoms with E-state index in [9.17, 15) is 0 Å². The van der Waals surface area contributed by atoms with Crippen molar-refractivity contribution in [2.24, 2.45) is 5.92 Å². The Morgan fingerprint density at radius 2 is 1.89 bits per heavy atom. The van der Waals surface area contributed by atoms with E-state index >= 15 is 0 Å². The molecule has 2 heteroatoms. The van der Waals surface area contributed by atoms with E-state index in [0.717, 1.165) is 32.6 Å². The Morgan fingerprint density at radius 3 is 2.50 bits per heavy atom. The summed E-state index contributed by atoms with van der Waals surface area (Å²) in [4.78, 5) is 0. The second-order valence-electron chi connectivity index (χ2n) is 5.13. The Bertz CT molecular complexity index is 297. The third kappa shape index (κ3) is 6.18. The third-order valence-electron chi connectivity index (χ3n) is 2.89. The van der Waals surface area contributed by atoms with Crippen LogP contribution in [-0.4, -0.2) is 19.8 Å². The van der Waals surface area contributed by atoms with Gasteiger partial charge in [0.2, 0.25) is 0 Å². The number of nitrogens with one attached hydrogen (secondary N) is 1. The smallest absolute Gasteiger partial charge is 0.0488 e. The predicted octanol–water partition coefficient (Wildman–Crippen LogP) is 3.79. The second-order valence-corrected chi connectivity index (χ2v) is 5.13. The molecule has 2 nitrogen and oxygen atoms in total. The summed E-state index contributed by atoms with van der Waals surface area (Å²) >= 11 is 0. The molecule has 0 fully saturated rings. The van der Waals surface area contributed by atoms with E-state index in [1.54, 1.807) is 0 Å². The highest BCUT2D eigenvalue weighted by atomic mass is 16.5. The summed E-state index contributed by atoms with van der Waals surface area (Å²) in [5.74, 6) is 0.628. The van der Waals surface area contributed by atoms with Gasteiger partial charge in [-0.05, 0) is 30.9 Å². The van der Waals surface area contributed by atoms with Crippen molar-refractivity contribution in [3.63, 3.8) is 0 Å². The molecule has 1 unspecified atom stereocenters. The molecule has 0 saturated carbocycles. The van der Waals surface area contributed by atoms with Crippen molar-refractivity contribution in [2.75, 3.05) is 19.8 Å². The molecule has 0 heterocycles. The van der Waals surface area contributed by atoms with E-state index in [2.05, 4.69) is 56.4 Å². The summed E-state index contributed by atoms with van der Waals surface area (Å²) in [5, 5.41) is 3.54. The van der Waals surface area contributed by atoms with Gasteiger partial charge in [-0.15, -0.1) is 0 Å². The molecule has 0 spiro atoms. The minimum atomic E-state index is 0.457.